The van der Waals surface area contributed by atoms with Crippen LogP contribution in [0.4, 0.5) is 4.79 Å². The molecular formula is C32H41N3O5. The van der Waals surface area contributed by atoms with Crippen molar-refractivity contribution in [3.05, 3.63) is 65.2 Å². The van der Waals surface area contributed by atoms with Crippen molar-refractivity contribution in [1.82, 2.24) is 15.5 Å². The average molecular weight is 548 g/mol. The van der Waals surface area contributed by atoms with Gasteiger partial charge in [0.15, 0.2) is 0 Å². The molecule has 0 bridgehead atoms. The van der Waals surface area contributed by atoms with Crippen LogP contribution in [0.25, 0.3) is 0 Å². The minimum Gasteiger partial charge on any atom is -0.508 e. The Hall–Kier alpha value is -3.99. The van der Waals surface area contributed by atoms with Crippen LogP contribution in [0, 0.1) is 12.3 Å². The summed E-state index contributed by atoms with van der Waals surface area (Å²) in [5.74, 6) is 2.05. The van der Waals surface area contributed by atoms with E-state index < -0.39 is 29.7 Å². The van der Waals surface area contributed by atoms with Gasteiger partial charge in [-0.05, 0) is 69.4 Å². The molecule has 1 saturated carbocycles. The minimum atomic E-state index is -1.02. The number of ether oxygens (including phenoxy) is 1. The first-order valence-corrected chi connectivity index (χ1v) is 14.0. The Morgan fingerprint density at radius 2 is 1.77 bits per heavy atom. The second kappa shape index (κ2) is 13.9. The standard InChI is InChI=1S/C32H41N3O5/c1-6-8-11-20-33-29(37)28(26-13-10-9-12-23(26)7-2)35(24-16-17-24)30(38)27(34-31(39)40-32(3,4)5)21-22-14-18-25(36)19-15-22/h2,9-10,12-15,18-19,24,27-28,36H,6,8,11,16-17,20-21H2,1,3-5H3,(H,33,37)(H,34,39). The number of terminal acetylenes is 1. The van der Waals surface area contributed by atoms with Gasteiger partial charge in [0.2, 0.25) is 11.8 Å². The summed E-state index contributed by atoms with van der Waals surface area (Å²) in [7, 11) is 0. The molecule has 0 aromatic heterocycles. The molecule has 0 radical (unpaired) electrons. The number of carbonyl (C=O) groups is 3. The van der Waals surface area contributed by atoms with Crippen LogP contribution in [0.5, 0.6) is 5.75 Å². The van der Waals surface area contributed by atoms with Gasteiger partial charge in [-0.15, -0.1) is 6.42 Å². The van der Waals surface area contributed by atoms with Crippen molar-refractivity contribution in [3.63, 3.8) is 0 Å². The first-order valence-electron chi connectivity index (χ1n) is 14.0. The van der Waals surface area contributed by atoms with E-state index in [-0.39, 0.29) is 24.1 Å². The maximum atomic E-state index is 14.4. The third-order valence-electron chi connectivity index (χ3n) is 6.58. The molecule has 8 heteroatoms. The van der Waals surface area contributed by atoms with Gasteiger partial charge in [-0.25, -0.2) is 4.79 Å². The zero-order valence-corrected chi connectivity index (χ0v) is 23.9. The van der Waals surface area contributed by atoms with Gasteiger partial charge in [0.1, 0.15) is 23.4 Å². The van der Waals surface area contributed by atoms with Crippen LogP contribution < -0.4 is 10.6 Å². The van der Waals surface area contributed by atoms with Crippen molar-refractivity contribution in [2.24, 2.45) is 0 Å². The first-order chi connectivity index (χ1) is 19.0. The normalized spacial score (nSPS) is 14.4. The molecule has 3 amide bonds. The Bertz CT molecular complexity index is 1210. The van der Waals surface area contributed by atoms with E-state index in [0.29, 0.717) is 17.7 Å². The molecule has 3 N–H and O–H groups in total. The summed E-state index contributed by atoms with van der Waals surface area (Å²) < 4.78 is 5.47. The number of carbonyl (C=O) groups excluding carboxylic acids is 3. The molecule has 2 unspecified atom stereocenters. The Morgan fingerprint density at radius 1 is 1.10 bits per heavy atom. The fraction of sp³-hybridized carbons (Fsp3) is 0.469. The summed E-state index contributed by atoms with van der Waals surface area (Å²) in [6.07, 6.45) is 9.52. The molecule has 0 aliphatic heterocycles. The van der Waals surface area contributed by atoms with Gasteiger partial charge in [-0.1, -0.05) is 56.0 Å². The Labute approximate surface area is 237 Å². The fourth-order valence-corrected chi connectivity index (χ4v) is 4.54. The number of phenols is 1. The second-order valence-electron chi connectivity index (χ2n) is 11.2. The highest BCUT2D eigenvalue weighted by Crippen LogP contribution is 2.37. The van der Waals surface area contributed by atoms with Crippen molar-refractivity contribution in [3.8, 4) is 18.1 Å². The molecule has 0 saturated heterocycles. The van der Waals surface area contributed by atoms with E-state index in [1.54, 1.807) is 62.1 Å². The molecule has 8 nitrogen and oxygen atoms in total. The van der Waals surface area contributed by atoms with E-state index >= 15 is 0 Å². The largest absolute Gasteiger partial charge is 0.508 e. The number of benzene rings is 2. The van der Waals surface area contributed by atoms with Crippen LogP contribution in [-0.2, 0) is 20.7 Å². The van der Waals surface area contributed by atoms with Crippen molar-refractivity contribution < 1.29 is 24.2 Å². The summed E-state index contributed by atoms with van der Waals surface area (Å²) >= 11 is 0. The summed E-state index contributed by atoms with van der Waals surface area (Å²) in [6, 6.07) is 11.4. The van der Waals surface area contributed by atoms with Crippen LogP contribution in [0.2, 0.25) is 0 Å². The quantitative estimate of drug-likeness (QED) is 0.260. The highest BCUT2D eigenvalue weighted by molar-refractivity contribution is 5.93. The van der Waals surface area contributed by atoms with Crippen LogP contribution >= 0.6 is 0 Å². The molecule has 40 heavy (non-hydrogen) atoms. The zero-order chi connectivity index (χ0) is 29.3. The number of unbranched alkanes of at least 4 members (excludes halogenated alkanes) is 2. The molecule has 0 spiro atoms. The Kier molecular flexibility index (Phi) is 10.6. The van der Waals surface area contributed by atoms with E-state index in [2.05, 4.69) is 23.5 Å². The Morgan fingerprint density at radius 3 is 2.38 bits per heavy atom. The molecule has 1 aliphatic rings. The summed E-state index contributed by atoms with van der Waals surface area (Å²) in [4.78, 5) is 42.6. The second-order valence-corrected chi connectivity index (χ2v) is 11.2. The summed E-state index contributed by atoms with van der Waals surface area (Å²) in [5.41, 5.74) is 1.07. The van der Waals surface area contributed by atoms with Gasteiger partial charge >= 0.3 is 6.09 Å². The number of hydrogen-bond donors (Lipinski definition) is 3. The van der Waals surface area contributed by atoms with Gasteiger partial charge in [-0.3, -0.25) is 9.59 Å². The lowest BCUT2D eigenvalue weighted by Crippen LogP contribution is -2.54. The summed E-state index contributed by atoms with van der Waals surface area (Å²) in [5, 5.41) is 15.5. The maximum Gasteiger partial charge on any atom is 0.408 e. The molecule has 3 rings (SSSR count). The van der Waals surface area contributed by atoms with Crippen LogP contribution in [0.3, 0.4) is 0 Å². The van der Waals surface area contributed by atoms with Gasteiger partial charge in [0.05, 0.1) is 0 Å². The smallest absolute Gasteiger partial charge is 0.408 e. The van der Waals surface area contributed by atoms with Crippen LogP contribution in [0.15, 0.2) is 48.5 Å². The number of phenolic OH excluding ortho intramolecular Hbond substituents is 1. The van der Waals surface area contributed by atoms with E-state index in [9.17, 15) is 19.5 Å². The fourth-order valence-electron chi connectivity index (χ4n) is 4.54. The number of nitrogens with zero attached hydrogens (tertiary/aromatic N) is 1. The van der Waals surface area contributed by atoms with E-state index in [4.69, 9.17) is 11.2 Å². The lowest BCUT2D eigenvalue weighted by Gasteiger charge is -2.35. The third-order valence-corrected chi connectivity index (χ3v) is 6.58. The molecule has 0 heterocycles. The molecule has 2 aromatic carbocycles. The van der Waals surface area contributed by atoms with Gasteiger partial charge in [0, 0.05) is 24.6 Å². The molecule has 2 atom stereocenters. The molecule has 1 aliphatic carbocycles. The van der Waals surface area contributed by atoms with E-state index in [1.165, 1.54) is 12.1 Å². The number of rotatable bonds is 12. The van der Waals surface area contributed by atoms with Gasteiger partial charge in [0.25, 0.3) is 0 Å². The minimum absolute atomic E-state index is 0.0945. The number of amides is 3. The first kappa shape index (κ1) is 30.6. The Balaban J connectivity index is 2.01. The highest BCUT2D eigenvalue weighted by atomic mass is 16.6. The van der Waals surface area contributed by atoms with Gasteiger partial charge in [-0.2, -0.15) is 0 Å². The SMILES string of the molecule is C#Cc1ccccc1C(C(=O)NCCCCC)N(C(=O)C(Cc1ccc(O)cc1)NC(=O)OC(C)(C)C)C1CC1. The number of nitrogens with one attached hydrogen (secondary N) is 2. The van der Waals surface area contributed by atoms with E-state index in [0.717, 1.165) is 37.7 Å². The van der Waals surface area contributed by atoms with Crippen molar-refractivity contribution in [2.45, 2.75) is 89.9 Å². The van der Waals surface area contributed by atoms with Crippen LogP contribution in [-0.4, -0.2) is 52.1 Å². The van der Waals surface area contributed by atoms with E-state index in [1.807, 2.05) is 0 Å². The molecule has 1 fully saturated rings. The third kappa shape index (κ3) is 8.77. The molecular weight excluding hydrogens is 506 g/mol. The predicted molar refractivity (Wildman–Crippen MR) is 154 cm³/mol. The highest BCUT2D eigenvalue weighted by Gasteiger charge is 2.44. The predicted octanol–water partition coefficient (Wildman–Crippen LogP) is 4.85. The molecule has 214 valence electrons. The number of aromatic hydroxyl groups is 1. The van der Waals surface area contributed by atoms with Crippen molar-refractivity contribution >= 4 is 17.9 Å². The lowest BCUT2D eigenvalue weighted by atomic mass is 9.96. The zero-order valence-electron chi connectivity index (χ0n) is 23.9. The van der Waals surface area contributed by atoms with Crippen molar-refractivity contribution in [2.75, 3.05) is 6.54 Å². The van der Waals surface area contributed by atoms with Crippen molar-refractivity contribution in [1.29, 1.82) is 0 Å². The summed E-state index contributed by atoms with van der Waals surface area (Å²) in [6.45, 7) is 7.81. The average Bonchev–Trinajstić information content (AvgIpc) is 3.74. The van der Waals surface area contributed by atoms with Crippen LogP contribution in [0.1, 0.15) is 82.5 Å². The number of alkyl carbamates (subject to hydrolysis) is 1. The lowest BCUT2D eigenvalue weighted by molar-refractivity contribution is -0.143. The van der Waals surface area contributed by atoms with Gasteiger partial charge < -0.3 is 25.4 Å². The monoisotopic (exact) mass is 547 g/mol. The molecule has 2 aromatic rings. The maximum absolute atomic E-state index is 14.4. The number of hydrogen-bond acceptors (Lipinski definition) is 5. The topological polar surface area (TPSA) is 108 Å².